The minimum atomic E-state index is -1.20. The van der Waals surface area contributed by atoms with Gasteiger partial charge < -0.3 is 4.90 Å². The van der Waals surface area contributed by atoms with Gasteiger partial charge >= 0.3 is 0 Å². The molecule has 27 heavy (non-hydrogen) atoms. The number of hydrogen-bond donors (Lipinski definition) is 0. The summed E-state index contributed by atoms with van der Waals surface area (Å²) in [5.74, 6) is 0.114. The third kappa shape index (κ3) is 2.72. The van der Waals surface area contributed by atoms with Crippen molar-refractivity contribution in [1.82, 2.24) is 19.7 Å². The summed E-state index contributed by atoms with van der Waals surface area (Å²) in [6.45, 7) is 1.17. The number of carbonyl (C=O) groups excluding carboxylic acids is 1. The maximum Gasteiger partial charge on any atom is 0.293 e. The fourth-order valence-corrected chi connectivity index (χ4v) is 4.03. The van der Waals surface area contributed by atoms with E-state index in [-0.39, 0.29) is 23.6 Å². The summed E-state index contributed by atoms with van der Waals surface area (Å²) in [6, 6.07) is 17.6. The van der Waals surface area contributed by atoms with E-state index in [0.29, 0.717) is 19.5 Å². The van der Waals surface area contributed by atoms with E-state index in [2.05, 4.69) is 16.1 Å². The first kappa shape index (κ1) is 16.2. The summed E-state index contributed by atoms with van der Waals surface area (Å²) in [4.78, 5) is 18.9. The first-order chi connectivity index (χ1) is 13.2. The van der Waals surface area contributed by atoms with E-state index in [1.165, 1.54) is 5.56 Å². The van der Waals surface area contributed by atoms with Crippen LogP contribution in [0.25, 0.3) is 0 Å². The molecule has 136 valence electrons. The topological polar surface area (TPSA) is 51.0 Å². The molecule has 0 saturated heterocycles. The van der Waals surface area contributed by atoms with Crippen LogP contribution in [0.3, 0.4) is 0 Å². The van der Waals surface area contributed by atoms with Crippen LogP contribution in [0.2, 0.25) is 0 Å². The maximum absolute atomic E-state index is 14.5. The Morgan fingerprint density at radius 2 is 1.78 bits per heavy atom. The summed E-state index contributed by atoms with van der Waals surface area (Å²) in [5, 5.41) is 4.40. The van der Waals surface area contributed by atoms with Crippen LogP contribution < -0.4 is 0 Å². The Kier molecular flexibility index (Phi) is 3.77. The second-order valence-corrected chi connectivity index (χ2v) is 7.11. The number of amides is 1. The van der Waals surface area contributed by atoms with Gasteiger partial charge in [-0.15, -0.1) is 5.10 Å². The minimum Gasteiger partial charge on any atom is -0.331 e. The maximum atomic E-state index is 14.5. The Bertz CT molecular complexity index is 1000. The summed E-state index contributed by atoms with van der Waals surface area (Å²) in [7, 11) is 0. The van der Waals surface area contributed by atoms with Crippen molar-refractivity contribution in [1.29, 1.82) is 0 Å². The zero-order chi connectivity index (χ0) is 18.4. The average molecular weight is 362 g/mol. The largest absolute Gasteiger partial charge is 0.331 e. The molecule has 0 spiro atoms. The average Bonchev–Trinajstić information content (AvgIpc) is 3.28. The van der Waals surface area contributed by atoms with E-state index < -0.39 is 6.17 Å². The summed E-state index contributed by atoms with van der Waals surface area (Å²) in [6.07, 6.45) is -0.0787. The molecule has 1 amide bonds. The second kappa shape index (κ2) is 6.30. The van der Waals surface area contributed by atoms with Crippen LogP contribution in [-0.4, -0.2) is 32.1 Å². The van der Waals surface area contributed by atoms with Gasteiger partial charge in [-0.25, -0.2) is 14.1 Å². The Morgan fingerprint density at radius 3 is 2.59 bits per heavy atom. The zero-order valence-electron chi connectivity index (χ0n) is 14.8. The van der Waals surface area contributed by atoms with Crippen molar-refractivity contribution in [3.8, 4) is 0 Å². The molecule has 2 aliphatic rings. The molecule has 0 fully saturated rings. The number of nitrogens with zero attached hydrogens (tertiary/aromatic N) is 4. The number of alkyl halides is 1. The van der Waals surface area contributed by atoms with Crippen molar-refractivity contribution in [2.75, 3.05) is 6.54 Å². The number of aromatic nitrogens is 3. The quantitative estimate of drug-likeness (QED) is 0.701. The van der Waals surface area contributed by atoms with Gasteiger partial charge in [-0.2, -0.15) is 0 Å². The van der Waals surface area contributed by atoms with Crippen LogP contribution >= 0.6 is 0 Å². The lowest BCUT2D eigenvalue weighted by Crippen LogP contribution is -2.36. The fourth-order valence-electron chi connectivity index (χ4n) is 4.03. The predicted octanol–water partition coefficient (Wildman–Crippen LogP) is 3.48. The Labute approximate surface area is 156 Å². The molecular formula is C21H19FN4O. The van der Waals surface area contributed by atoms with Gasteiger partial charge in [0, 0.05) is 19.5 Å². The highest BCUT2D eigenvalue weighted by molar-refractivity contribution is 5.90. The van der Waals surface area contributed by atoms with Crippen LogP contribution in [0.1, 0.15) is 51.8 Å². The van der Waals surface area contributed by atoms with Crippen molar-refractivity contribution >= 4 is 5.91 Å². The predicted molar refractivity (Wildman–Crippen MR) is 98.0 cm³/mol. The monoisotopic (exact) mass is 362 g/mol. The molecule has 2 atom stereocenters. The first-order valence-electron chi connectivity index (χ1n) is 9.22. The molecule has 0 bridgehead atoms. The van der Waals surface area contributed by atoms with Crippen LogP contribution in [0.15, 0.2) is 54.6 Å². The molecule has 0 saturated carbocycles. The number of halogens is 1. The molecule has 2 aliphatic heterocycles. The van der Waals surface area contributed by atoms with Gasteiger partial charge in [-0.3, -0.25) is 4.79 Å². The smallest absolute Gasteiger partial charge is 0.293 e. The first-order valence-corrected chi connectivity index (χ1v) is 9.22. The summed E-state index contributed by atoms with van der Waals surface area (Å²) in [5.41, 5.74) is 3.40. The second-order valence-electron chi connectivity index (χ2n) is 7.11. The van der Waals surface area contributed by atoms with Gasteiger partial charge in [-0.1, -0.05) is 54.6 Å². The van der Waals surface area contributed by atoms with E-state index in [1.807, 2.05) is 48.5 Å². The van der Waals surface area contributed by atoms with Gasteiger partial charge in [0.15, 0.2) is 12.0 Å². The molecule has 6 heteroatoms. The molecule has 3 aromatic rings. The fraction of sp³-hybridized carbons (Fsp3) is 0.286. The molecule has 5 nitrogen and oxygen atoms in total. The number of benzene rings is 2. The van der Waals surface area contributed by atoms with Crippen molar-refractivity contribution in [2.45, 2.75) is 31.6 Å². The van der Waals surface area contributed by atoms with Crippen molar-refractivity contribution in [2.24, 2.45) is 0 Å². The van der Waals surface area contributed by atoms with E-state index in [9.17, 15) is 9.18 Å². The number of fused-ring (bicyclic) bond motifs is 2. The van der Waals surface area contributed by atoms with Crippen molar-refractivity contribution < 1.29 is 9.18 Å². The van der Waals surface area contributed by atoms with Gasteiger partial charge in [0.05, 0.1) is 6.04 Å². The Hall–Kier alpha value is -3.02. The lowest BCUT2D eigenvalue weighted by molar-refractivity contribution is 0.0721. The molecule has 2 aromatic carbocycles. The van der Waals surface area contributed by atoms with E-state index in [4.69, 9.17) is 0 Å². The molecular weight excluding hydrogens is 343 g/mol. The Morgan fingerprint density at radius 1 is 1.04 bits per heavy atom. The molecule has 0 radical (unpaired) electrons. The molecule has 0 N–H and O–H groups in total. The third-order valence-electron chi connectivity index (χ3n) is 5.46. The minimum absolute atomic E-state index is 0.0904. The summed E-state index contributed by atoms with van der Waals surface area (Å²) < 4.78 is 16.1. The van der Waals surface area contributed by atoms with E-state index >= 15 is 0 Å². The third-order valence-corrected chi connectivity index (χ3v) is 5.46. The van der Waals surface area contributed by atoms with E-state index in [1.54, 1.807) is 9.58 Å². The lowest BCUT2D eigenvalue weighted by atomic mass is 10.00. The van der Waals surface area contributed by atoms with Crippen molar-refractivity contribution in [3.05, 3.63) is 82.9 Å². The zero-order valence-corrected chi connectivity index (χ0v) is 14.8. The summed E-state index contributed by atoms with van der Waals surface area (Å²) >= 11 is 0. The van der Waals surface area contributed by atoms with Gasteiger partial charge in [0.25, 0.3) is 5.91 Å². The van der Waals surface area contributed by atoms with E-state index in [0.717, 1.165) is 17.5 Å². The molecule has 1 aromatic heterocycles. The van der Waals surface area contributed by atoms with Gasteiger partial charge in [0.1, 0.15) is 0 Å². The Balaban J connectivity index is 1.43. The molecule has 0 aliphatic carbocycles. The lowest BCUT2D eigenvalue weighted by Gasteiger charge is -2.27. The van der Waals surface area contributed by atoms with Gasteiger partial charge in [0.2, 0.25) is 5.82 Å². The number of hydrogen-bond acceptors (Lipinski definition) is 3. The molecule has 0 unspecified atom stereocenters. The number of rotatable bonds is 2. The number of carbonyl (C=O) groups is 1. The van der Waals surface area contributed by atoms with Crippen LogP contribution in [0.4, 0.5) is 4.39 Å². The highest BCUT2D eigenvalue weighted by Gasteiger charge is 2.37. The highest BCUT2D eigenvalue weighted by Crippen LogP contribution is 2.39. The van der Waals surface area contributed by atoms with Crippen LogP contribution in [-0.2, 0) is 13.0 Å². The SMILES string of the molecule is O=C(c1nc2n(n1)[C@@H](c1ccccc1)C[C@H]2F)N1CCc2ccccc2C1. The highest BCUT2D eigenvalue weighted by atomic mass is 19.1. The van der Waals surface area contributed by atoms with Crippen LogP contribution in [0, 0.1) is 0 Å². The van der Waals surface area contributed by atoms with Crippen LogP contribution in [0.5, 0.6) is 0 Å². The van der Waals surface area contributed by atoms with Gasteiger partial charge in [-0.05, 0) is 23.1 Å². The molecule has 3 heterocycles. The molecule has 5 rings (SSSR count). The standard InChI is InChI=1S/C21H19FN4O/c22-17-12-18(15-7-2-1-3-8-15)26-20(17)23-19(24-26)21(27)25-11-10-14-6-4-5-9-16(14)13-25/h1-9,17-18H,10-13H2/t17-,18-/m1/s1. The normalized spacial score (nSPS) is 21.0. The van der Waals surface area contributed by atoms with Crippen molar-refractivity contribution in [3.63, 3.8) is 0 Å².